The Bertz CT molecular complexity index is 1430. The number of pyridine rings is 1. The van der Waals surface area contributed by atoms with Crippen molar-refractivity contribution in [3.8, 4) is 5.75 Å². The Balaban J connectivity index is 1.26. The van der Waals surface area contributed by atoms with E-state index < -0.39 is 41.4 Å². The molecule has 1 aliphatic heterocycles. The van der Waals surface area contributed by atoms with Gasteiger partial charge in [0, 0.05) is 36.8 Å². The number of alkyl halides is 6. The van der Waals surface area contributed by atoms with Gasteiger partial charge in [-0.3, -0.25) is 9.78 Å². The molecule has 2 aromatic heterocycles. The van der Waals surface area contributed by atoms with E-state index in [-0.39, 0.29) is 40.4 Å². The van der Waals surface area contributed by atoms with E-state index >= 15 is 0 Å². The van der Waals surface area contributed by atoms with E-state index in [1.54, 1.807) is 4.90 Å². The number of nitrogens with one attached hydrogen (secondary N) is 1. The third-order valence-corrected chi connectivity index (χ3v) is 5.27. The fourth-order valence-electron chi connectivity index (χ4n) is 3.58. The zero-order valence-electron chi connectivity index (χ0n) is 20.0. The number of rotatable bonds is 9. The molecule has 0 radical (unpaired) electrons. The van der Waals surface area contributed by atoms with Gasteiger partial charge in [0.25, 0.3) is 0 Å². The first-order chi connectivity index (χ1) is 18.8. The van der Waals surface area contributed by atoms with Gasteiger partial charge in [-0.2, -0.15) is 13.2 Å². The van der Waals surface area contributed by atoms with Crippen molar-refractivity contribution in [1.29, 1.82) is 0 Å². The van der Waals surface area contributed by atoms with Crippen molar-refractivity contribution < 1.29 is 55.0 Å². The summed E-state index contributed by atoms with van der Waals surface area (Å²) >= 11 is 0. The standard InChI is InChI=1S/C22H18F6N6O6/c23-21(24,25)18-9-13(3-6-29-18)11-32-7-4-15(12-32)39-19(35)5-8-38-31-20-30-34(37)17-10-14(40-22(26,27)28)1-2-16(17)33(20)36/h1-3,6,9-10,12H,4-5,7-8,11H2,(H,30,31). The number of carbonyl (C=O) groups is 1. The van der Waals surface area contributed by atoms with Crippen molar-refractivity contribution in [3.05, 3.63) is 70.2 Å². The summed E-state index contributed by atoms with van der Waals surface area (Å²) in [5.74, 6) is -1.80. The van der Waals surface area contributed by atoms with Crippen molar-refractivity contribution in [3.63, 3.8) is 0 Å². The third-order valence-electron chi connectivity index (χ3n) is 5.27. The molecule has 0 fully saturated rings. The Kier molecular flexibility index (Phi) is 7.98. The number of halogens is 6. The molecule has 0 saturated heterocycles. The molecule has 18 heteroatoms. The summed E-state index contributed by atoms with van der Waals surface area (Å²) in [6.07, 6.45) is -6.97. The highest BCUT2D eigenvalue weighted by atomic mass is 19.4. The lowest BCUT2D eigenvalue weighted by Gasteiger charge is -2.15. The maximum Gasteiger partial charge on any atom is 0.573 e. The van der Waals surface area contributed by atoms with E-state index in [9.17, 15) is 41.6 Å². The van der Waals surface area contributed by atoms with Crippen LogP contribution in [0.5, 0.6) is 5.75 Å². The van der Waals surface area contributed by atoms with Gasteiger partial charge >= 0.3 is 30.0 Å². The van der Waals surface area contributed by atoms with Gasteiger partial charge in [-0.25, -0.2) is 9.57 Å². The number of esters is 1. The van der Waals surface area contributed by atoms with Crippen molar-refractivity contribution in [2.75, 3.05) is 18.6 Å². The summed E-state index contributed by atoms with van der Waals surface area (Å²) in [5, 5.41) is 27.8. The summed E-state index contributed by atoms with van der Waals surface area (Å²) in [5.41, 5.74) is 0.604. The van der Waals surface area contributed by atoms with Gasteiger partial charge in [0.1, 0.15) is 17.2 Å². The van der Waals surface area contributed by atoms with Crippen LogP contribution in [0.15, 0.2) is 48.5 Å². The van der Waals surface area contributed by atoms with Gasteiger partial charge in [0.05, 0.1) is 19.1 Å². The number of nitrogens with zero attached hydrogens (tertiary/aromatic N) is 5. The number of benzene rings is 1. The van der Waals surface area contributed by atoms with Gasteiger partial charge in [0.2, 0.25) is 5.10 Å². The summed E-state index contributed by atoms with van der Waals surface area (Å²) in [6.45, 7) is 0.217. The number of anilines is 1. The largest absolute Gasteiger partial charge is 0.739 e. The van der Waals surface area contributed by atoms with Crippen LogP contribution >= 0.6 is 0 Å². The lowest BCUT2D eigenvalue weighted by Crippen LogP contribution is -2.44. The van der Waals surface area contributed by atoms with E-state index in [1.807, 2.05) is 0 Å². The summed E-state index contributed by atoms with van der Waals surface area (Å²) < 4.78 is 84.7. The van der Waals surface area contributed by atoms with Gasteiger partial charge in [-0.05, 0) is 29.8 Å². The van der Waals surface area contributed by atoms with Crippen molar-refractivity contribution >= 4 is 23.0 Å². The zero-order chi connectivity index (χ0) is 29.1. The fourth-order valence-corrected chi connectivity index (χ4v) is 3.58. The molecule has 12 nitrogen and oxygen atoms in total. The van der Waals surface area contributed by atoms with Gasteiger partial charge in [-0.1, -0.05) is 0 Å². The molecule has 1 N–H and O–H groups in total. The lowest BCUT2D eigenvalue weighted by atomic mass is 10.2. The van der Waals surface area contributed by atoms with Crippen LogP contribution in [0.1, 0.15) is 24.1 Å². The second kappa shape index (κ2) is 11.2. The van der Waals surface area contributed by atoms with Crippen LogP contribution < -0.4 is 19.8 Å². The van der Waals surface area contributed by atoms with Crippen LogP contribution in [0.3, 0.4) is 0 Å². The summed E-state index contributed by atoms with van der Waals surface area (Å²) in [4.78, 5) is 22.0. The average Bonchev–Trinajstić information content (AvgIpc) is 3.29. The predicted molar refractivity (Wildman–Crippen MR) is 119 cm³/mol. The fraction of sp³-hybridized carbons (Fsp3) is 0.318. The van der Waals surface area contributed by atoms with Gasteiger partial charge < -0.3 is 24.8 Å². The van der Waals surface area contributed by atoms with Crippen molar-refractivity contribution in [1.82, 2.24) is 15.0 Å². The maximum absolute atomic E-state index is 12.8. The Morgan fingerprint density at radius 2 is 1.88 bits per heavy atom. The van der Waals surface area contributed by atoms with E-state index in [4.69, 9.17) is 9.57 Å². The molecule has 3 heterocycles. The highest BCUT2D eigenvalue weighted by molar-refractivity contribution is 5.71. The first-order valence-electron chi connectivity index (χ1n) is 11.3. The van der Waals surface area contributed by atoms with E-state index in [2.05, 4.69) is 20.3 Å². The zero-order valence-corrected chi connectivity index (χ0v) is 20.0. The van der Waals surface area contributed by atoms with Crippen LogP contribution in [0.4, 0.5) is 32.3 Å². The topological polar surface area (TPSA) is 140 Å². The van der Waals surface area contributed by atoms with Crippen LogP contribution in [-0.4, -0.2) is 40.5 Å². The highest BCUT2D eigenvalue weighted by Crippen LogP contribution is 2.28. The summed E-state index contributed by atoms with van der Waals surface area (Å²) in [7, 11) is 0. The van der Waals surface area contributed by atoms with Crippen LogP contribution in [0.25, 0.3) is 11.0 Å². The smallest absolute Gasteiger partial charge is 0.573 e. The second-order valence-electron chi connectivity index (χ2n) is 8.23. The molecule has 0 amide bonds. The average molecular weight is 576 g/mol. The molecule has 0 atom stereocenters. The minimum atomic E-state index is -5.00. The Morgan fingerprint density at radius 3 is 2.60 bits per heavy atom. The molecule has 0 unspecified atom stereocenters. The minimum absolute atomic E-state index is 0.0951. The maximum atomic E-state index is 12.8. The lowest BCUT2D eigenvalue weighted by molar-refractivity contribution is -0.672. The van der Waals surface area contributed by atoms with E-state index in [0.29, 0.717) is 24.6 Å². The van der Waals surface area contributed by atoms with E-state index in [1.165, 1.54) is 12.3 Å². The van der Waals surface area contributed by atoms with Crippen LogP contribution in [0.2, 0.25) is 0 Å². The molecular formula is C22H18F6N6O6. The summed E-state index contributed by atoms with van der Waals surface area (Å²) in [6, 6.07) is 4.83. The molecule has 0 spiro atoms. The van der Waals surface area contributed by atoms with Crippen molar-refractivity contribution in [2.24, 2.45) is 0 Å². The predicted octanol–water partition coefficient (Wildman–Crippen LogP) is 2.84. The quantitative estimate of drug-likeness (QED) is 0.101. The molecule has 3 aromatic rings. The molecule has 4 rings (SSSR count). The SMILES string of the molecule is O=C(CCONc1n[n+]([O-])c2cc(OC(F)(F)F)ccc2[n+]1[O-])OC1=CN(Cc2ccnc(C(F)(F)F)c2)CC1. The molecule has 0 aliphatic carbocycles. The molecule has 40 heavy (non-hydrogen) atoms. The Hall–Kier alpha value is -4.61. The molecule has 214 valence electrons. The monoisotopic (exact) mass is 576 g/mol. The number of hydrogen-bond acceptors (Lipinski definition) is 10. The number of carbonyl (C=O) groups excluding carboxylic acids is 1. The van der Waals surface area contributed by atoms with Crippen LogP contribution in [-0.2, 0) is 27.1 Å². The molecule has 0 saturated carbocycles. The van der Waals surface area contributed by atoms with Crippen LogP contribution in [0, 0.1) is 10.4 Å². The number of aromatic nitrogens is 4. The number of fused-ring (bicyclic) bond motifs is 1. The van der Waals surface area contributed by atoms with E-state index in [0.717, 1.165) is 24.4 Å². The first-order valence-corrected chi connectivity index (χ1v) is 11.3. The number of hydrogen-bond donors (Lipinski definition) is 1. The third kappa shape index (κ3) is 7.28. The molecule has 1 aliphatic rings. The first kappa shape index (κ1) is 28.4. The Labute approximate surface area is 220 Å². The number of ether oxygens (including phenoxy) is 2. The molecular weight excluding hydrogens is 558 g/mol. The molecule has 1 aromatic carbocycles. The van der Waals surface area contributed by atoms with Gasteiger partial charge in [0.15, 0.2) is 5.52 Å². The molecule has 0 bridgehead atoms. The second-order valence-corrected chi connectivity index (χ2v) is 8.23. The van der Waals surface area contributed by atoms with Gasteiger partial charge in [-0.15, -0.1) is 18.7 Å². The van der Waals surface area contributed by atoms with Crippen molar-refractivity contribution in [2.45, 2.75) is 31.9 Å². The highest BCUT2D eigenvalue weighted by Gasteiger charge is 2.33. The Morgan fingerprint density at radius 1 is 1.10 bits per heavy atom. The normalized spacial score (nSPS) is 13.8. The minimum Gasteiger partial charge on any atom is -0.739 e.